The van der Waals surface area contributed by atoms with Crippen molar-refractivity contribution in [2.45, 2.75) is 33.2 Å². The van der Waals surface area contributed by atoms with Crippen LogP contribution < -0.4 is 5.73 Å². The Morgan fingerprint density at radius 3 is 2.07 bits per heavy atom. The van der Waals surface area contributed by atoms with Crippen LogP contribution in [0.25, 0.3) is 0 Å². The van der Waals surface area contributed by atoms with Gasteiger partial charge in [0.25, 0.3) is 0 Å². The molecule has 1 aliphatic heterocycles. The summed E-state index contributed by atoms with van der Waals surface area (Å²) in [6.45, 7) is 13.8. The van der Waals surface area contributed by atoms with E-state index < -0.39 is 0 Å². The average Bonchev–Trinajstić information content (AvgIpc) is 2.29. The van der Waals surface area contributed by atoms with Crippen LogP contribution in [0.2, 0.25) is 0 Å². The maximum absolute atomic E-state index is 6.17. The molecule has 3 heteroatoms. The standard InChI is InChI=1S/C12H27N3/c1-4-11(3)12(13)10-15-8-6-14(5-2)7-9-15/h11-12H,4-10,13H2,1-3H3/t11-,12+/m1/s1. The van der Waals surface area contributed by atoms with Gasteiger partial charge < -0.3 is 10.6 Å². The number of nitrogens with two attached hydrogens (primary N) is 1. The van der Waals surface area contributed by atoms with Crippen molar-refractivity contribution < 1.29 is 0 Å². The highest BCUT2D eigenvalue weighted by Crippen LogP contribution is 2.08. The molecule has 0 aliphatic carbocycles. The van der Waals surface area contributed by atoms with Gasteiger partial charge in [0, 0.05) is 38.8 Å². The molecular weight excluding hydrogens is 186 g/mol. The van der Waals surface area contributed by atoms with Gasteiger partial charge in [0.1, 0.15) is 0 Å². The van der Waals surface area contributed by atoms with Crippen LogP contribution >= 0.6 is 0 Å². The molecule has 2 atom stereocenters. The van der Waals surface area contributed by atoms with Gasteiger partial charge in [0.15, 0.2) is 0 Å². The number of piperazine rings is 1. The summed E-state index contributed by atoms with van der Waals surface area (Å²) in [5, 5.41) is 0. The molecule has 0 aromatic carbocycles. The van der Waals surface area contributed by atoms with Crippen LogP contribution in [-0.4, -0.2) is 55.1 Å². The van der Waals surface area contributed by atoms with E-state index in [1.54, 1.807) is 0 Å². The number of likely N-dealkylation sites (N-methyl/N-ethyl adjacent to an activating group) is 1. The second-order valence-corrected chi connectivity index (χ2v) is 4.78. The quantitative estimate of drug-likeness (QED) is 0.739. The smallest absolute Gasteiger partial charge is 0.0193 e. The number of hydrogen-bond donors (Lipinski definition) is 1. The van der Waals surface area contributed by atoms with Crippen LogP contribution in [0.5, 0.6) is 0 Å². The molecule has 0 amide bonds. The van der Waals surface area contributed by atoms with Gasteiger partial charge in [-0.3, -0.25) is 4.90 Å². The molecule has 15 heavy (non-hydrogen) atoms. The average molecular weight is 213 g/mol. The summed E-state index contributed by atoms with van der Waals surface area (Å²) in [7, 11) is 0. The monoisotopic (exact) mass is 213 g/mol. The van der Waals surface area contributed by atoms with Crippen molar-refractivity contribution in [1.82, 2.24) is 9.80 Å². The summed E-state index contributed by atoms with van der Waals surface area (Å²) in [4.78, 5) is 5.02. The zero-order valence-electron chi connectivity index (χ0n) is 10.6. The Morgan fingerprint density at radius 1 is 1.07 bits per heavy atom. The summed E-state index contributed by atoms with van der Waals surface area (Å²) in [5.74, 6) is 0.647. The van der Waals surface area contributed by atoms with Gasteiger partial charge in [-0.1, -0.05) is 27.2 Å². The minimum absolute atomic E-state index is 0.350. The molecule has 0 bridgehead atoms. The number of hydrogen-bond acceptors (Lipinski definition) is 3. The number of nitrogens with zero attached hydrogens (tertiary/aromatic N) is 2. The topological polar surface area (TPSA) is 32.5 Å². The molecule has 0 aromatic rings. The van der Waals surface area contributed by atoms with E-state index in [0.29, 0.717) is 12.0 Å². The molecular formula is C12H27N3. The predicted molar refractivity (Wildman–Crippen MR) is 66.0 cm³/mol. The fourth-order valence-corrected chi connectivity index (χ4v) is 2.07. The fourth-order valence-electron chi connectivity index (χ4n) is 2.07. The van der Waals surface area contributed by atoms with Crippen molar-refractivity contribution in [3.8, 4) is 0 Å². The molecule has 90 valence electrons. The first-order valence-corrected chi connectivity index (χ1v) is 6.37. The van der Waals surface area contributed by atoms with Gasteiger partial charge in [0.05, 0.1) is 0 Å². The van der Waals surface area contributed by atoms with E-state index in [4.69, 9.17) is 5.73 Å². The fraction of sp³-hybridized carbons (Fsp3) is 1.00. The lowest BCUT2D eigenvalue weighted by Crippen LogP contribution is -2.50. The molecule has 1 saturated heterocycles. The Labute approximate surface area is 94.6 Å². The minimum atomic E-state index is 0.350. The molecule has 1 rings (SSSR count). The second kappa shape index (κ2) is 6.46. The van der Waals surface area contributed by atoms with Crippen LogP contribution in [-0.2, 0) is 0 Å². The highest BCUT2D eigenvalue weighted by atomic mass is 15.3. The zero-order valence-corrected chi connectivity index (χ0v) is 10.6. The lowest BCUT2D eigenvalue weighted by atomic mass is 9.99. The third-order valence-corrected chi connectivity index (χ3v) is 3.76. The molecule has 1 fully saturated rings. The Balaban J connectivity index is 2.23. The van der Waals surface area contributed by atoms with Crippen molar-refractivity contribution >= 4 is 0 Å². The molecule has 1 aliphatic rings. The molecule has 1 heterocycles. The first-order valence-electron chi connectivity index (χ1n) is 6.37. The molecule has 0 unspecified atom stereocenters. The van der Waals surface area contributed by atoms with E-state index in [9.17, 15) is 0 Å². The normalized spacial score (nSPS) is 24.0. The van der Waals surface area contributed by atoms with Crippen LogP contribution in [0.3, 0.4) is 0 Å². The van der Waals surface area contributed by atoms with Gasteiger partial charge >= 0.3 is 0 Å². The number of rotatable bonds is 5. The van der Waals surface area contributed by atoms with Crippen LogP contribution in [0.1, 0.15) is 27.2 Å². The first-order chi connectivity index (χ1) is 7.17. The third kappa shape index (κ3) is 4.09. The molecule has 2 N–H and O–H groups in total. The largest absolute Gasteiger partial charge is 0.326 e. The summed E-state index contributed by atoms with van der Waals surface area (Å²) < 4.78 is 0. The highest BCUT2D eigenvalue weighted by Gasteiger charge is 2.19. The Bertz CT molecular complexity index is 164. The maximum Gasteiger partial charge on any atom is 0.0193 e. The molecule has 0 spiro atoms. The van der Waals surface area contributed by atoms with Crippen molar-refractivity contribution in [1.29, 1.82) is 0 Å². The van der Waals surface area contributed by atoms with Gasteiger partial charge in [-0.25, -0.2) is 0 Å². The molecule has 3 nitrogen and oxygen atoms in total. The summed E-state index contributed by atoms with van der Waals surface area (Å²) in [5.41, 5.74) is 6.17. The van der Waals surface area contributed by atoms with Crippen LogP contribution in [0.15, 0.2) is 0 Å². The third-order valence-electron chi connectivity index (χ3n) is 3.76. The van der Waals surface area contributed by atoms with E-state index in [1.807, 2.05) is 0 Å². The van der Waals surface area contributed by atoms with Gasteiger partial charge in [-0.2, -0.15) is 0 Å². The zero-order chi connectivity index (χ0) is 11.3. The van der Waals surface area contributed by atoms with E-state index in [1.165, 1.54) is 39.1 Å². The second-order valence-electron chi connectivity index (χ2n) is 4.78. The van der Waals surface area contributed by atoms with Gasteiger partial charge in [-0.05, 0) is 12.5 Å². The molecule has 0 aromatic heterocycles. The van der Waals surface area contributed by atoms with E-state index in [2.05, 4.69) is 30.6 Å². The SMILES string of the molecule is CC[C@@H](C)[C@@H](N)CN1CCN(CC)CC1. The lowest BCUT2D eigenvalue weighted by molar-refractivity contribution is 0.125. The van der Waals surface area contributed by atoms with Gasteiger partial charge in [0.2, 0.25) is 0 Å². The first kappa shape index (κ1) is 12.9. The lowest BCUT2D eigenvalue weighted by Gasteiger charge is -2.36. The molecule has 0 saturated carbocycles. The minimum Gasteiger partial charge on any atom is -0.326 e. The van der Waals surface area contributed by atoms with Crippen molar-refractivity contribution in [3.05, 3.63) is 0 Å². The predicted octanol–water partition coefficient (Wildman–Crippen LogP) is 0.997. The van der Waals surface area contributed by atoms with Crippen molar-refractivity contribution in [2.24, 2.45) is 11.7 Å². The van der Waals surface area contributed by atoms with E-state index in [-0.39, 0.29) is 0 Å². The summed E-state index contributed by atoms with van der Waals surface area (Å²) >= 11 is 0. The summed E-state index contributed by atoms with van der Waals surface area (Å²) in [6, 6.07) is 0.350. The maximum atomic E-state index is 6.17. The van der Waals surface area contributed by atoms with E-state index >= 15 is 0 Å². The van der Waals surface area contributed by atoms with Gasteiger partial charge in [-0.15, -0.1) is 0 Å². The summed E-state index contributed by atoms with van der Waals surface area (Å²) in [6.07, 6.45) is 1.19. The van der Waals surface area contributed by atoms with Crippen LogP contribution in [0.4, 0.5) is 0 Å². The van der Waals surface area contributed by atoms with Crippen LogP contribution in [0, 0.1) is 5.92 Å². The Kier molecular flexibility index (Phi) is 5.58. The Hall–Kier alpha value is -0.120. The Morgan fingerprint density at radius 2 is 1.60 bits per heavy atom. The van der Waals surface area contributed by atoms with Crippen molar-refractivity contribution in [2.75, 3.05) is 39.3 Å². The van der Waals surface area contributed by atoms with Crippen molar-refractivity contribution in [3.63, 3.8) is 0 Å². The van der Waals surface area contributed by atoms with E-state index in [0.717, 1.165) is 6.54 Å². The highest BCUT2D eigenvalue weighted by molar-refractivity contribution is 4.77. The molecule has 0 radical (unpaired) electrons.